The molecule has 2 aromatic rings. The molecule has 4 rings (SSSR count). The molecule has 1 fully saturated rings. The van der Waals surface area contributed by atoms with Crippen LogP contribution in [0.3, 0.4) is 0 Å². The molecule has 2 heterocycles. The average Bonchev–Trinajstić information content (AvgIpc) is 2.83. The molecule has 1 N–H and O–H groups in total. The van der Waals surface area contributed by atoms with E-state index in [0.29, 0.717) is 50.3 Å². The van der Waals surface area contributed by atoms with Crippen molar-refractivity contribution in [3.05, 3.63) is 63.5 Å². The van der Waals surface area contributed by atoms with Gasteiger partial charge in [-0.1, -0.05) is 40.2 Å². The first-order chi connectivity index (χ1) is 16.8. The largest absolute Gasteiger partial charge is 0.465 e. The van der Waals surface area contributed by atoms with E-state index in [1.165, 1.54) is 4.90 Å². The molecule has 1 amide bonds. The minimum absolute atomic E-state index is 0.0279. The van der Waals surface area contributed by atoms with Gasteiger partial charge in [0.2, 0.25) is 5.28 Å². The lowest BCUT2D eigenvalue weighted by molar-refractivity contribution is 0.0750. The maximum atomic E-state index is 14.0. The molecular weight excluding hydrogens is 534 g/mol. The van der Waals surface area contributed by atoms with Crippen LogP contribution in [0.25, 0.3) is 0 Å². The standard InChI is InChI=1S/C25H25BrClN5O3/c1-2-9-25(14-16-5-3-4-6-19(16)26)10-7-18-20(21(25)33)29-23(27)30-22(18)31-12-13-32(24(34)35)17(15-31)8-11-28/h2-6,17H,1,7-10,12-15H2,(H,34,35). The molecule has 0 saturated carbocycles. The monoisotopic (exact) mass is 557 g/mol. The highest BCUT2D eigenvalue weighted by atomic mass is 79.9. The van der Waals surface area contributed by atoms with Crippen molar-refractivity contribution in [2.45, 2.75) is 38.1 Å². The molecule has 0 radical (unpaired) electrons. The first-order valence-electron chi connectivity index (χ1n) is 11.4. The number of hydrogen-bond acceptors (Lipinski definition) is 6. The second kappa shape index (κ2) is 10.3. The summed E-state index contributed by atoms with van der Waals surface area (Å²) in [6.07, 6.45) is 3.01. The number of anilines is 1. The first kappa shape index (κ1) is 25.1. The molecule has 182 valence electrons. The van der Waals surface area contributed by atoms with Gasteiger partial charge in [0.25, 0.3) is 0 Å². The van der Waals surface area contributed by atoms with Crippen LogP contribution in [-0.4, -0.2) is 57.5 Å². The summed E-state index contributed by atoms with van der Waals surface area (Å²) in [5.41, 5.74) is 1.39. The Morgan fingerprint density at radius 2 is 2.14 bits per heavy atom. The topological polar surface area (TPSA) is 110 Å². The van der Waals surface area contributed by atoms with Gasteiger partial charge in [0.1, 0.15) is 11.5 Å². The summed E-state index contributed by atoms with van der Waals surface area (Å²) >= 11 is 9.91. The Balaban J connectivity index is 1.70. The molecule has 1 aromatic carbocycles. The molecule has 0 spiro atoms. The summed E-state index contributed by atoms with van der Waals surface area (Å²) in [7, 11) is 0. The number of fused-ring (bicyclic) bond motifs is 1. The van der Waals surface area contributed by atoms with E-state index in [2.05, 4.69) is 38.5 Å². The highest BCUT2D eigenvalue weighted by molar-refractivity contribution is 9.10. The number of aromatic nitrogens is 2. The minimum Gasteiger partial charge on any atom is -0.465 e. The summed E-state index contributed by atoms with van der Waals surface area (Å²) in [5.74, 6) is 0.465. The van der Waals surface area contributed by atoms with Gasteiger partial charge >= 0.3 is 6.09 Å². The number of carbonyl (C=O) groups is 2. The molecule has 1 aromatic heterocycles. The number of ketones is 1. The summed E-state index contributed by atoms with van der Waals surface area (Å²) in [6, 6.07) is 9.44. The molecule has 2 atom stereocenters. The van der Waals surface area contributed by atoms with Crippen molar-refractivity contribution in [3.8, 4) is 6.07 Å². The Bertz CT molecular complexity index is 1220. The maximum absolute atomic E-state index is 14.0. The van der Waals surface area contributed by atoms with Gasteiger partial charge in [-0.05, 0) is 48.9 Å². The van der Waals surface area contributed by atoms with Crippen LogP contribution >= 0.6 is 27.5 Å². The zero-order valence-electron chi connectivity index (χ0n) is 19.1. The van der Waals surface area contributed by atoms with E-state index in [1.807, 2.05) is 29.2 Å². The number of Topliss-reactive ketones (excluding diaryl/α,β-unsaturated/α-hetero) is 1. The lowest BCUT2D eigenvalue weighted by Crippen LogP contribution is -2.55. The van der Waals surface area contributed by atoms with Crippen LogP contribution in [0.15, 0.2) is 41.4 Å². The fraction of sp³-hybridized carbons (Fsp3) is 0.400. The Morgan fingerprint density at radius 1 is 1.37 bits per heavy atom. The molecule has 2 unspecified atom stereocenters. The molecule has 1 saturated heterocycles. The minimum atomic E-state index is -1.05. The fourth-order valence-corrected chi connectivity index (χ4v) is 5.74. The van der Waals surface area contributed by atoms with Gasteiger partial charge < -0.3 is 14.9 Å². The highest BCUT2D eigenvalue weighted by Crippen LogP contribution is 2.44. The number of amides is 1. The van der Waals surface area contributed by atoms with E-state index in [1.54, 1.807) is 6.08 Å². The van der Waals surface area contributed by atoms with Crippen molar-refractivity contribution in [2.24, 2.45) is 5.41 Å². The predicted molar refractivity (Wildman–Crippen MR) is 136 cm³/mol. The number of halogens is 2. The molecule has 35 heavy (non-hydrogen) atoms. The zero-order valence-corrected chi connectivity index (χ0v) is 21.4. The van der Waals surface area contributed by atoms with Crippen LogP contribution in [0.4, 0.5) is 10.6 Å². The SMILES string of the molecule is C=CCC1(Cc2ccccc2Br)CCc2c(nc(Cl)nc2N2CCN(C(=O)O)C(CC#N)C2)C1=O. The number of nitrogens with zero attached hydrogens (tertiary/aromatic N) is 5. The van der Waals surface area contributed by atoms with E-state index in [4.69, 9.17) is 11.6 Å². The predicted octanol–water partition coefficient (Wildman–Crippen LogP) is 4.91. The molecule has 8 nitrogen and oxygen atoms in total. The zero-order chi connectivity index (χ0) is 25.2. The van der Waals surface area contributed by atoms with E-state index in [-0.39, 0.29) is 24.0 Å². The number of benzene rings is 1. The molecule has 1 aliphatic carbocycles. The molecule has 1 aliphatic heterocycles. The third kappa shape index (κ3) is 4.91. The third-order valence-corrected chi connectivity index (χ3v) is 7.83. The van der Waals surface area contributed by atoms with Crippen LogP contribution < -0.4 is 4.90 Å². The van der Waals surface area contributed by atoms with Crippen molar-refractivity contribution < 1.29 is 14.7 Å². The summed E-state index contributed by atoms with van der Waals surface area (Å²) in [6.45, 7) is 4.81. The Labute approximate surface area is 217 Å². The van der Waals surface area contributed by atoms with Gasteiger partial charge in [-0.3, -0.25) is 4.79 Å². The highest BCUT2D eigenvalue weighted by Gasteiger charge is 2.45. The number of rotatable bonds is 6. The van der Waals surface area contributed by atoms with Gasteiger partial charge in [0, 0.05) is 35.1 Å². The number of carbonyl (C=O) groups excluding carboxylic acids is 1. The van der Waals surface area contributed by atoms with Crippen LogP contribution in [-0.2, 0) is 12.8 Å². The van der Waals surface area contributed by atoms with Gasteiger partial charge in [-0.15, -0.1) is 6.58 Å². The van der Waals surface area contributed by atoms with E-state index < -0.39 is 17.6 Å². The van der Waals surface area contributed by atoms with E-state index in [9.17, 15) is 20.0 Å². The Morgan fingerprint density at radius 3 is 2.83 bits per heavy atom. The number of carboxylic acid groups (broad SMARTS) is 1. The normalized spacial score (nSPS) is 21.9. The second-order valence-electron chi connectivity index (χ2n) is 8.95. The molecular formula is C25H25BrClN5O3. The number of hydrogen-bond donors (Lipinski definition) is 1. The van der Waals surface area contributed by atoms with Crippen LogP contribution in [0.1, 0.15) is 40.9 Å². The smallest absolute Gasteiger partial charge is 0.407 e. The lowest BCUT2D eigenvalue weighted by atomic mass is 9.66. The number of nitriles is 1. The second-order valence-corrected chi connectivity index (χ2v) is 10.1. The van der Waals surface area contributed by atoms with Crippen molar-refractivity contribution in [2.75, 3.05) is 24.5 Å². The van der Waals surface area contributed by atoms with Crippen molar-refractivity contribution in [3.63, 3.8) is 0 Å². The first-order valence-corrected chi connectivity index (χ1v) is 12.5. The average molecular weight is 559 g/mol. The van der Waals surface area contributed by atoms with Gasteiger partial charge in [0.15, 0.2) is 5.78 Å². The summed E-state index contributed by atoms with van der Waals surface area (Å²) in [4.78, 5) is 37.6. The fourth-order valence-electron chi connectivity index (χ4n) is 5.15. The van der Waals surface area contributed by atoms with E-state index >= 15 is 0 Å². The van der Waals surface area contributed by atoms with Crippen LogP contribution in [0.2, 0.25) is 5.28 Å². The van der Waals surface area contributed by atoms with Gasteiger partial charge in [-0.25, -0.2) is 14.8 Å². The summed E-state index contributed by atoms with van der Waals surface area (Å²) in [5, 5.41) is 18.7. The molecule has 0 bridgehead atoms. The third-order valence-electron chi connectivity index (χ3n) is 6.88. The van der Waals surface area contributed by atoms with Gasteiger partial charge in [0.05, 0.1) is 18.5 Å². The van der Waals surface area contributed by atoms with E-state index in [0.717, 1.165) is 15.6 Å². The maximum Gasteiger partial charge on any atom is 0.407 e. The Hall–Kier alpha value is -2.96. The quantitative estimate of drug-likeness (QED) is 0.396. The summed E-state index contributed by atoms with van der Waals surface area (Å²) < 4.78 is 0.947. The molecule has 10 heteroatoms. The van der Waals surface area contributed by atoms with Crippen molar-refractivity contribution in [1.29, 1.82) is 5.26 Å². The van der Waals surface area contributed by atoms with Crippen LogP contribution in [0.5, 0.6) is 0 Å². The van der Waals surface area contributed by atoms with Crippen molar-refractivity contribution in [1.82, 2.24) is 14.9 Å². The van der Waals surface area contributed by atoms with Crippen LogP contribution in [0, 0.1) is 16.7 Å². The number of allylic oxidation sites excluding steroid dienone is 1. The number of piperazine rings is 1. The van der Waals surface area contributed by atoms with Crippen molar-refractivity contribution >= 4 is 45.2 Å². The van der Waals surface area contributed by atoms with Gasteiger partial charge in [-0.2, -0.15) is 5.26 Å². The lowest BCUT2D eigenvalue weighted by Gasteiger charge is -2.41. The molecule has 2 aliphatic rings. The Kier molecular flexibility index (Phi) is 7.43.